The highest BCUT2D eigenvalue weighted by Crippen LogP contribution is 2.26. The van der Waals surface area contributed by atoms with Gasteiger partial charge in [-0.2, -0.15) is 0 Å². The Kier molecular flexibility index (Phi) is 6.22. The van der Waals surface area contributed by atoms with Crippen LogP contribution in [0.2, 0.25) is 0 Å². The molecule has 0 aliphatic heterocycles. The highest BCUT2D eigenvalue weighted by Gasteiger charge is 2.11. The van der Waals surface area contributed by atoms with Gasteiger partial charge in [-0.05, 0) is 30.5 Å². The fraction of sp³-hybridized carbons (Fsp3) is 0.500. The molecule has 110 valence electrons. The molecule has 1 aliphatic carbocycles. The van der Waals surface area contributed by atoms with Crippen LogP contribution >= 0.6 is 0 Å². The first kappa shape index (κ1) is 16.2. The van der Waals surface area contributed by atoms with Crippen LogP contribution in [0.5, 0.6) is 0 Å². The average molecular weight is 278 g/mol. The third-order valence-electron chi connectivity index (χ3n) is 3.77. The van der Waals surface area contributed by atoms with Crippen molar-refractivity contribution in [3.05, 3.63) is 34.9 Å². The van der Waals surface area contributed by atoms with E-state index in [9.17, 15) is 9.59 Å². The SMILES string of the molecule is CCC1CCCC1.Cc1ccc(C(=O)O)cc1C(=O)O. The predicted octanol–water partition coefficient (Wildman–Crippen LogP) is 3.98. The quantitative estimate of drug-likeness (QED) is 0.877. The van der Waals surface area contributed by atoms with Crippen LogP contribution in [-0.2, 0) is 0 Å². The lowest BCUT2D eigenvalue weighted by Gasteiger charge is -2.01. The van der Waals surface area contributed by atoms with Crippen LogP contribution in [-0.4, -0.2) is 22.2 Å². The Bertz CT molecular complexity index is 473. The van der Waals surface area contributed by atoms with Gasteiger partial charge in [0, 0.05) is 0 Å². The minimum Gasteiger partial charge on any atom is -0.478 e. The number of rotatable bonds is 3. The second-order valence-corrected chi connectivity index (χ2v) is 5.20. The number of carbonyl (C=O) groups is 2. The molecule has 2 rings (SSSR count). The summed E-state index contributed by atoms with van der Waals surface area (Å²) in [6, 6.07) is 4.01. The van der Waals surface area contributed by atoms with E-state index in [0.29, 0.717) is 5.56 Å². The first-order chi connectivity index (χ1) is 9.45. The first-order valence-electron chi connectivity index (χ1n) is 7.03. The highest BCUT2D eigenvalue weighted by molar-refractivity contribution is 5.94. The van der Waals surface area contributed by atoms with Gasteiger partial charge in [0.2, 0.25) is 0 Å². The summed E-state index contributed by atoms with van der Waals surface area (Å²) < 4.78 is 0. The minimum absolute atomic E-state index is 0.0111. The number of carboxylic acids is 2. The molecule has 0 atom stereocenters. The molecule has 20 heavy (non-hydrogen) atoms. The minimum atomic E-state index is -1.12. The second-order valence-electron chi connectivity index (χ2n) is 5.20. The van der Waals surface area contributed by atoms with Crippen molar-refractivity contribution in [2.24, 2.45) is 5.92 Å². The zero-order valence-corrected chi connectivity index (χ0v) is 12.1. The molecule has 1 aromatic carbocycles. The third-order valence-corrected chi connectivity index (χ3v) is 3.77. The van der Waals surface area contributed by atoms with E-state index in [1.165, 1.54) is 44.2 Å². The van der Waals surface area contributed by atoms with Gasteiger partial charge in [-0.15, -0.1) is 0 Å². The van der Waals surface area contributed by atoms with Gasteiger partial charge >= 0.3 is 11.9 Å². The van der Waals surface area contributed by atoms with E-state index in [4.69, 9.17) is 10.2 Å². The fourth-order valence-corrected chi connectivity index (χ4v) is 2.40. The van der Waals surface area contributed by atoms with E-state index in [-0.39, 0.29) is 11.1 Å². The maximum Gasteiger partial charge on any atom is 0.335 e. The molecule has 0 bridgehead atoms. The number of hydrogen-bond donors (Lipinski definition) is 2. The summed E-state index contributed by atoms with van der Waals surface area (Å²) in [6.07, 6.45) is 7.43. The maximum absolute atomic E-state index is 10.6. The smallest absolute Gasteiger partial charge is 0.335 e. The van der Waals surface area contributed by atoms with Gasteiger partial charge in [0.05, 0.1) is 11.1 Å². The topological polar surface area (TPSA) is 74.6 Å². The number of carboxylic acid groups (broad SMARTS) is 2. The summed E-state index contributed by atoms with van der Waals surface area (Å²) in [7, 11) is 0. The summed E-state index contributed by atoms with van der Waals surface area (Å²) >= 11 is 0. The molecule has 0 unspecified atom stereocenters. The zero-order valence-electron chi connectivity index (χ0n) is 12.1. The zero-order chi connectivity index (χ0) is 15.1. The van der Waals surface area contributed by atoms with E-state index < -0.39 is 11.9 Å². The first-order valence-corrected chi connectivity index (χ1v) is 7.03. The van der Waals surface area contributed by atoms with Gasteiger partial charge in [0.25, 0.3) is 0 Å². The normalized spacial score (nSPS) is 14.5. The summed E-state index contributed by atoms with van der Waals surface area (Å²) in [4.78, 5) is 21.1. The number of hydrogen-bond acceptors (Lipinski definition) is 2. The average Bonchev–Trinajstić information content (AvgIpc) is 2.92. The van der Waals surface area contributed by atoms with Gasteiger partial charge in [0.1, 0.15) is 0 Å². The standard InChI is InChI=1S/C9H8O4.C7H14/c1-5-2-3-6(8(10)11)4-7(5)9(12)13;1-2-7-5-3-4-6-7/h2-4H,1H3,(H,10,11)(H,12,13);7H,2-6H2,1H3. The molecule has 1 saturated carbocycles. The van der Waals surface area contributed by atoms with E-state index in [1.807, 2.05) is 0 Å². The Hall–Kier alpha value is -1.84. The van der Waals surface area contributed by atoms with Crippen molar-refractivity contribution in [1.82, 2.24) is 0 Å². The fourth-order valence-electron chi connectivity index (χ4n) is 2.40. The third kappa shape index (κ3) is 4.68. The van der Waals surface area contributed by atoms with E-state index in [0.717, 1.165) is 12.0 Å². The Balaban J connectivity index is 0.000000240. The van der Waals surface area contributed by atoms with Gasteiger partial charge in [0.15, 0.2) is 0 Å². The van der Waals surface area contributed by atoms with E-state index in [2.05, 4.69) is 6.92 Å². The lowest BCUT2D eigenvalue weighted by Crippen LogP contribution is -2.03. The summed E-state index contributed by atoms with van der Waals surface area (Å²) in [5.74, 6) is -1.14. The number of aryl methyl sites for hydroxylation is 1. The van der Waals surface area contributed by atoms with Crippen LogP contribution in [0.15, 0.2) is 18.2 Å². The van der Waals surface area contributed by atoms with Crippen LogP contribution in [0.3, 0.4) is 0 Å². The molecular formula is C16H22O4. The Labute approximate surface area is 119 Å². The van der Waals surface area contributed by atoms with Crippen LogP contribution in [0.1, 0.15) is 65.3 Å². The summed E-state index contributed by atoms with van der Waals surface area (Å²) in [5.41, 5.74) is 0.570. The molecule has 1 aromatic rings. The Morgan fingerprint density at radius 1 is 1.15 bits per heavy atom. The molecule has 4 nitrogen and oxygen atoms in total. The monoisotopic (exact) mass is 278 g/mol. The van der Waals surface area contributed by atoms with Crippen molar-refractivity contribution in [2.75, 3.05) is 0 Å². The van der Waals surface area contributed by atoms with Crippen molar-refractivity contribution in [1.29, 1.82) is 0 Å². The van der Waals surface area contributed by atoms with Gasteiger partial charge in [-0.3, -0.25) is 0 Å². The number of aromatic carboxylic acids is 2. The van der Waals surface area contributed by atoms with Crippen molar-refractivity contribution in [3.63, 3.8) is 0 Å². The van der Waals surface area contributed by atoms with Crippen molar-refractivity contribution >= 4 is 11.9 Å². The molecule has 0 spiro atoms. The highest BCUT2D eigenvalue weighted by atomic mass is 16.4. The van der Waals surface area contributed by atoms with Crippen molar-refractivity contribution in [2.45, 2.75) is 46.0 Å². The van der Waals surface area contributed by atoms with Crippen LogP contribution < -0.4 is 0 Å². The van der Waals surface area contributed by atoms with E-state index >= 15 is 0 Å². The van der Waals surface area contributed by atoms with Crippen molar-refractivity contribution in [3.8, 4) is 0 Å². The molecular weight excluding hydrogens is 256 g/mol. The van der Waals surface area contributed by atoms with Crippen LogP contribution in [0, 0.1) is 12.8 Å². The molecule has 1 aliphatic rings. The van der Waals surface area contributed by atoms with Gasteiger partial charge in [-0.25, -0.2) is 9.59 Å². The maximum atomic E-state index is 10.6. The Morgan fingerprint density at radius 3 is 2.15 bits per heavy atom. The molecule has 0 saturated heterocycles. The lowest BCUT2D eigenvalue weighted by molar-refractivity contribution is 0.0695. The van der Waals surface area contributed by atoms with E-state index in [1.54, 1.807) is 6.92 Å². The molecule has 2 N–H and O–H groups in total. The molecule has 0 radical (unpaired) electrons. The number of benzene rings is 1. The van der Waals surface area contributed by atoms with Crippen LogP contribution in [0.4, 0.5) is 0 Å². The lowest BCUT2D eigenvalue weighted by atomic mass is 10.1. The summed E-state index contributed by atoms with van der Waals surface area (Å²) in [5, 5.41) is 17.3. The van der Waals surface area contributed by atoms with Gasteiger partial charge < -0.3 is 10.2 Å². The predicted molar refractivity (Wildman–Crippen MR) is 77.3 cm³/mol. The summed E-state index contributed by atoms with van der Waals surface area (Å²) in [6.45, 7) is 3.92. The van der Waals surface area contributed by atoms with Gasteiger partial charge in [-0.1, -0.05) is 45.1 Å². The molecule has 1 fully saturated rings. The molecule has 0 aromatic heterocycles. The molecule has 0 heterocycles. The van der Waals surface area contributed by atoms with Crippen LogP contribution in [0.25, 0.3) is 0 Å². The second kappa shape index (κ2) is 7.68. The molecule has 0 amide bonds. The van der Waals surface area contributed by atoms with Crippen molar-refractivity contribution < 1.29 is 19.8 Å². The largest absolute Gasteiger partial charge is 0.478 e. The molecule has 4 heteroatoms. The Morgan fingerprint density at radius 2 is 1.75 bits per heavy atom.